The van der Waals surface area contributed by atoms with Gasteiger partial charge in [0.15, 0.2) is 0 Å². The van der Waals surface area contributed by atoms with Gasteiger partial charge in [0.05, 0.1) is 6.10 Å². The summed E-state index contributed by atoms with van der Waals surface area (Å²) in [6.45, 7) is 5.72. The van der Waals surface area contributed by atoms with E-state index >= 15 is 0 Å². The van der Waals surface area contributed by atoms with E-state index in [0.29, 0.717) is 19.1 Å². The van der Waals surface area contributed by atoms with Crippen LogP contribution in [0.1, 0.15) is 49.3 Å². The molecular formula is C24H30N2O3. The van der Waals surface area contributed by atoms with Crippen LogP contribution in [-0.4, -0.2) is 18.1 Å². The summed E-state index contributed by atoms with van der Waals surface area (Å²) in [7, 11) is 0. The van der Waals surface area contributed by atoms with Crippen LogP contribution < -0.4 is 10.5 Å². The summed E-state index contributed by atoms with van der Waals surface area (Å²) in [4.78, 5) is 4.59. The maximum Gasteiger partial charge on any atom is 0.226 e. The van der Waals surface area contributed by atoms with Crippen molar-refractivity contribution in [3.05, 3.63) is 71.6 Å². The molecule has 1 atom stereocenters. The van der Waals surface area contributed by atoms with Gasteiger partial charge in [-0.2, -0.15) is 0 Å². The van der Waals surface area contributed by atoms with Crippen molar-refractivity contribution in [3.63, 3.8) is 0 Å². The van der Waals surface area contributed by atoms with Gasteiger partial charge in [-0.3, -0.25) is 0 Å². The molecule has 3 rings (SSSR count). The van der Waals surface area contributed by atoms with E-state index in [-0.39, 0.29) is 6.10 Å². The van der Waals surface area contributed by atoms with Crippen LogP contribution in [0.5, 0.6) is 5.75 Å². The zero-order valence-corrected chi connectivity index (χ0v) is 17.3. The zero-order chi connectivity index (χ0) is 20.5. The molecule has 1 unspecified atom stereocenters. The van der Waals surface area contributed by atoms with Crippen LogP contribution >= 0.6 is 0 Å². The average molecular weight is 395 g/mol. The molecule has 1 heterocycles. The first-order valence-corrected chi connectivity index (χ1v) is 10.3. The number of aromatic nitrogens is 1. The van der Waals surface area contributed by atoms with E-state index in [2.05, 4.69) is 17.1 Å². The Morgan fingerprint density at radius 2 is 1.79 bits per heavy atom. The van der Waals surface area contributed by atoms with Gasteiger partial charge >= 0.3 is 0 Å². The molecule has 0 aliphatic heterocycles. The first-order chi connectivity index (χ1) is 14.2. The van der Waals surface area contributed by atoms with Crippen LogP contribution in [0.3, 0.4) is 0 Å². The highest BCUT2D eigenvalue weighted by Gasteiger charge is 2.13. The number of hydrogen-bond acceptors (Lipinski definition) is 5. The SMILES string of the molecule is CCOC(CCCCN)c1ccc(OCc2nc(-c3ccccc3)oc2C)cc1. The lowest BCUT2D eigenvalue weighted by Gasteiger charge is -2.17. The van der Waals surface area contributed by atoms with Gasteiger partial charge < -0.3 is 19.6 Å². The Bertz CT molecular complexity index is 860. The van der Waals surface area contributed by atoms with Gasteiger partial charge in [-0.1, -0.05) is 30.3 Å². The minimum Gasteiger partial charge on any atom is -0.487 e. The Morgan fingerprint density at radius 3 is 2.48 bits per heavy atom. The maximum atomic E-state index is 5.94. The van der Waals surface area contributed by atoms with E-state index in [4.69, 9.17) is 19.6 Å². The molecule has 0 bridgehead atoms. The van der Waals surface area contributed by atoms with Crippen molar-refractivity contribution >= 4 is 0 Å². The quantitative estimate of drug-likeness (QED) is 0.439. The highest BCUT2D eigenvalue weighted by atomic mass is 16.5. The van der Waals surface area contributed by atoms with Crippen molar-refractivity contribution in [2.45, 2.75) is 45.8 Å². The van der Waals surface area contributed by atoms with E-state index in [1.54, 1.807) is 0 Å². The second-order valence-corrected chi connectivity index (χ2v) is 6.97. The molecule has 29 heavy (non-hydrogen) atoms. The minimum atomic E-state index is 0.104. The van der Waals surface area contributed by atoms with E-state index in [1.807, 2.05) is 56.3 Å². The molecule has 3 aromatic rings. The van der Waals surface area contributed by atoms with Gasteiger partial charge in [0.25, 0.3) is 0 Å². The summed E-state index contributed by atoms with van der Waals surface area (Å²) in [5.41, 5.74) is 8.54. The minimum absolute atomic E-state index is 0.104. The second kappa shape index (κ2) is 10.8. The molecule has 1 aromatic heterocycles. The molecule has 0 saturated heterocycles. The summed E-state index contributed by atoms with van der Waals surface area (Å²) < 4.78 is 17.6. The molecule has 0 aliphatic rings. The number of benzene rings is 2. The third-order valence-electron chi connectivity index (χ3n) is 4.83. The third kappa shape index (κ3) is 5.92. The van der Waals surface area contributed by atoms with E-state index in [1.165, 1.54) is 5.56 Å². The van der Waals surface area contributed by atoms with Crippen molar-refractivity contribution in [1.29, 1.82) is 0 Å². The fourth-order valence-corrected chi connectivity index (χ4v) is 3.22. The van der Waals surface area contributed by atoms with Crippen LogP contribution in [0.4, 0.5) is 0 Å². The van der Waals surface area contributed by atoms with Crippen LogP contribution in [0.25, 0.3) is 11.5 Å². The predicted molar refractivity (Wildman–Crippen MR) is 115 cm³/mol. The van der Waals surface area contributed by atoms with Crippen molar-refractivity contribution in [1.82, 2.24) is 4.98 Å². The first kappa shape index (κ1) is 21.1. The molecule has 0 amide bonds. The number of unbranched alkanes of at least 4 members (excludes halogenated alkanes) is 1. The Labute approximate surface area is 172 Å². The maximum absolute atomic E-state index is 5.94. The smallest absolute Gasteiger partial charge is 0.226 e. The predicted octanol–water partition coefficient (Wildman–Crippen LogP) is 5.44. The summed E-state index contributed by atoms with van der Waals surface area (Å²) >= 11 is 0. The van der Waals surface area contributed by atoms with Crippen molar-refractivity contribution in [3.8, 4) is 17.2 Å². The van der Waals surface area contributed by atoms with Crippen LogP contribution in [-0.2, 0) is 11.3 Å². The van der Waals surface area contributed by atoms with Crippen LogP contribution in [0.15, 0.2) is 59.0 Å². The molecule has 5 nitrogen and oxygen atoms in total. The lowest BCUT2D eigenvalue weighted by molar-refractivity contribution is 0.0544. The number of hydrogen-bond donors (Lipinski definition) is 1. The van der Waals surface area contributed by atoms with E-state index in [0.717, 1.165) is 48.6 Å². The van der Waals surface area contributed by atoms with E-state index in [9.17, 15) is 0 Å². The van der Waals surface area contributed by atoms with Crippen LogP contribution in [0.2, 0.25) is 0 Å². The summed E-state index contributed by atoms with van der Waals surface area (Å²) in [6.07, 6.45) is 3.17. The van der Waals surface area contributed by atoms with Crippen molar-refractivity contribution in [2.75, 3.05) is 13.2 Å². The Balaban J connectivity index is 1.61. The zero-order valence-electron chi connectivity index (χ0n) is 17.3. The molecule has 154 valence electrons. The molecule has 0 fully saturated rings. The van der Waals surface area contributed by atoms with Crippen LogP contribution in [0, 0.1) is 6.92 Å². The standard InChI is InChI=1S/C24H30N2O3/c1-3-27-23(11-7-8-16-25)19-12-14-21(15-13-19)28-17-22-18(2)29-24(26-22)20-9-5-4-6-10-20/h4-6,9-10,12-15,23H,3,7-8,11,16-17,25H2,1-2H3. The molecule has 5 heteroatoms. The van der Waals surface area contributed by atoms with E-state index < -0.39 is 0 Å². The fraction of sp³-hybridized carbons (Fsp3) is 0.375. The number of ether oxygens (including phenoxy) is 2. The molecular weight excluding hydrogens is 364 g/mol. The molecule has 0 radical (unpaired) electrons. The van der Waals surface area contributed by atoms with Gasteiger partial charge in [-0.25, -0.2) is 4.98 Å². The first-order valence-electron chi connectivity index (χ1n) is 10.3. The molecule has 0 spiro atoms. The summed E-state index contributed by atoms with van der Waals surface area (Å²) in [5, 5.41) is 0. The topological polar surface area (TPSA) is 70.5 Å². The summed E-state index contributed by atoms with van der Waals surface area (Å²) in [6, 6.07) is 18.0. The summed E-state index contributed by atoms with van der Waals surface area (Å²) in [5.74, 6) is 2.19. The Kier molecular flexibility index (Phi) is 7.85. The number of aryl methyl sites for hydroxylation is 1. The largest absolute Gasteiger partial charge is 0.487 e. The van der Waals surface area contributed by atoms with Gasteiger partial charge in [0, 0.05) is 12.2 Å². The number of nitrogens with two attached hydrogens (primary N) is 1. The van der Waals surface area contributed by atoms with Crippen molar-refractivity contribution < 1.29 is 13.9 Å². The fourth-order valence-electron chi connectivity index (χ4n) is 3.22. The normalized spacial score (nSPS) is 12.1. The molecule has 0 aliphatic carbocycles. The molecule has 2 N–H and O–H groups in total. The number of oxazole rings is 1. The lowest BCUT2D eigenvalue weighted by Crippen LogP contribution is -2.06. The lowest BCUT2D eigenvalue weighted by atomic mass is 10.0. The third-order valence-corrected chi connectivity index (χ3v) is 4.83. The highest BCUT2D eigenvalue weighted by Crippen LogP contribution is 2.26. The van der Waals surface area contributed by atoms with Gasteiger partial charge in [-0.15, -0.1) is 0 Å². The van der Waals surface area contributed by atoms with Crippen molar-refractivity contribution in [2.24, 2.45) is 5.73 Å². The van der Waals surface area contributed by atoms with Gasteiger partial charge in [-0.05, 0) is 69.5 Å². The number of rotatable bonds is 11. The van der Waals surface area contributed by atoms with Gasteiger partial charge in [0.1, 0.15) is 23.8 Å². The Hall–Kier alpha value is -2.63. The van der Waals surface area contributed by atoms with Gasteiger partial charge in [0.2, 0.25) is 5.89 Å². The Morgan fingerprint density at radius 1 is 1.03 bits per heavy atom. The number of nitrogens with zero attached hydrogens (tertiary/aromatic N) is 1. The highest BCUT2D eigenvalue weighted by molar-refractivity contribution is 5.53. The second-order valence-electron chi connectivity index (χ2n) is 6.97. The molecule has 0 saturated carbocycles. The average Bonchev–Trinajstić information content (AvgIpc) is 3.13. The monoisotopic (exact) mass is 394 g/mol. The molecule has 2 aromatic carbocycles.